The minimum Gasteiger partial charge on any atom is -0.478 e. The third kappa shape index (κ3) is 5.95. The molecular weight excluding hydrogens is 456 g/mol. The molecule has 3 aromatic rings. The third-order valence-electron chi connectivity index (χ3n) is 4.48. The summed E-state index contributed by atoms with van der Waals surface area (Å²) in [6, 6.07) is 15.1. The fourth-order valence-electron chi connectivity index (χ4n) is 2.82. The molecule has 1 heterocycles. The number of ether oxygens (including phenoxy) is 2. The first kappa shape index (κ1) is 23.5. The number of anilines is 1. The van der Waals surface area contributed by atoms with Gasteiger partial charge in [0.15, 0.2) is 5.15 Å². The Bertz CT molecular complexity index is 1150. The van der Waals surface area contributed by atoms with Crippen LogP contribution in [-0.2, 0) is 16.1 Å². The molecule has 3 rings (SSSR count). The molecule has 1 amide bonds. The maximum Gasteiger partial charge on any atom is 0.267 e. The van der Waals surface area contributed by atoms with Gasteiger partial charge in [0.1, 0.15) is 17.6 Å². The fraction of sp³-hybridized carbons (Fsp3) is 0.174. The molecule has 0 fully saturated rings. The fourth-order valence-corrected chi connectivity index (χ4v) is 3.13. The SMILES string of the molecule is Cc1c(OC(COCc2ccccc2)C(=O)Nc2cc(Cl)cnc2Cl)ccc(F)c1C#N. The number of carbonyl (C=O) groups is 1. The van der Waals surface area contributed by atoms with Crippen molar-refractivity contribution in [1.29, 1.82) is 5.26 Å². The van der Waals surface area contributed by atoms with E-state index in [-0.39, 0.29) is 46.0 Å². The number of aromatic nitrogens is 1. The largest absolute Gasteiger partial charge is 0.478 e. The van der Waals surface area contributed by atoms with Crippen molar-refractivity contribution < 1.29 is 18.7 Å². The van der Waals surface area contributed by atoms with Crippen molar-refractivity contribution in [1.82, 2.24) is 4.98 Å². The van der Waals surface area contributed by atoms with Gasteiger partial charge in [-0.05, 0) is 30.7 Å². The summed E-state index contributed by atoms with van der Waals surface area (Å²) in [6.07, 6.45) is 0.214. The van der Waals surface area contributed by atoms with E-state index in [0.29, 0.717) is 0 Å². The molecule has 1 unspecified atom stereocenters. The number of nitrogens with one attached hydrogen (secondary N) is 1. The molecule has 0 aliphatic rings. The van der Waals surface area contributed by atoms with Crippen LogP contribution in [0.15, 0.2) is 54.7 Å². The Balaban J connectivity index is 1.81. The summed E-state index contributed by atoms with van der Waals surface area (Å²) in [5.74, 6) is -1.07. The van der Waals surface area contributed by atoms with Crippen molar-refractivity contribution in [2.45, 2.75) is 19.6 Å². The van der Waals surface area contributed by atoms with E-state index < -0.39 is 17.8 Å². The molecule has 0 aliphatic carbocycles. The molecule has 1 aromatic heterocycles. The normalized spacial score (nSPS) is 11.5. The Hall–Kier alpha value is -3.18. The molecule has 0 aliphatic heterocycles. The van der Waals surface area contributed by atoms with E-state index in [1.54, 1.807) is 6.07 Å². The number of hydrogen-bond donors (Lipinski definition) is 1. The smallest absolute Gasteiger partial charge is 0.267 e. The van der Waals surface area contributed by atoms with Gasteiger partial charge in [-0.15, -0.1) is 0 Å². The van der Waals surface area contributed by atoms with Gasteiger partial charge < -0.3 is 14.8 Å². The first-order valence-corrected chi connectivity index (χ1v) is 10.2. The molecule has 1 N–H and O–H groups in total. The van der Waals surface area contributed by atoms with Gasteiger partial charge in [-0.25, -0.2) is 9.37 Å². The van der Waals surface area contributed by atoms with Crippen LogP contribution < -0.4 is 10.1 Å². The minimum atomic E-state index is -1.13. The highest BCUT2D eigenvalue weighted by molar-refractivity contribution is 6.34. The zero-order valence-corrected chi connectivity index (χ0v) is 18.5. The Morgan fingerprint density at radius 2 is 2.00 bits per heavy atom. The number of hydrogen-bond acceptors (Lipinski definition) is 5. The number of nitrogens with zero attached hydrogens (tertiary/aromatic N) is 2. The predicted molar refractivity (Wildman–Crippen MR) is 119 cm³/mol. The zero-order chi connectivity index (χ0) is 23.1. The lowest BCUT2D eigenvalue weighted by molar-refractivity contribution is -0.125. The second-order valence-electron chi connectivity index (χ2n) is 6.75. The van der Waals surface area contributed by atoms with Crippen LogP contribution in [0.4, 0.5) is 10.1 Å². The molecule has 0 bridgehead atoms. The van der Waals surface area contributed by atoms with E-state index in [4.69, 9.17) is 32.7 Å². The van der Waals surface area contributed by atoms with Crippen LogP contribution in [-0.4, -0.2) is 23.6 Å². The maximum atomic E-state index is 13.9. The van der Waals surface area contributed by atoms with Crippen LogP contribution >= 0.6 is 23.2 Å². The standard InChI is InChI=1S/C23H18Cl2FN3O3/c1-14-17(10-27)18(26)7-8-20(14)32-21(13-31-12-15-5-3-2-4-6-15)23(30)29-19-9-16(24)11-28-22(19)25/h2-9,11,21H,12-13H2,1H3,(H,29,30). The number of carbonyl (C=O) groups excluding carboxylic acids is 1. The molecule has 32 heavy (non-hydrogen) atoms. The summed E-state index contributed by atoms with van der Waals surface area (Å²) in [7, 11) is 0. The van der Waals surface area contributed by atoms with Crippen LogP contribution in [0.5, 0.6) is 5.75 Å². The predicted octanol–water partition coefficient (Wildman–Crippen LogP) is 5.31. The molecule has 2 aromatic carbocycles. The summed E-state index contributed by atoms with van der Waals surface area (Å²) >= 11 is 12.0. The molecule has 6 nitrogen and oxygen atoms in total. The van der Waals surface area contributed by atoms with Crippen molar-refractivity contribution in [2.24, 2.45) is 0 Å². The minimum absolute atomic E-state index is 0.0523. The lowest BCUT2D eigenvalue weighted by atomic mass is 10.1. The molecule has 1 atom stereocenters. The first-order valence-electron chi connectivity index (χ1n) is 9.48. The van der Waals surface area contributed by atoms with Gasteiger partial charge in [0.2, 0.25) is 6.10 Å². The topological polar surface area (TPSA) is 84.2 Å². The lowest BCUT2D eigenvalue weighted by Gasteiger charge is -2.21. The van der Waals surface area contributed by atoms with Gasteiger partial charge in [-0.3, -0.25) is 4.79 Å². The number of rotatable bonds is 8. The molecule has 0 spiro atoms. The van der Waals surface area contributed by atoms with Crippen molar-refractivity contribution in [3.63, 3.8) is 0 Å². The maximum absolute atomic E-state index is 13.9. The summed E-state index contributed by atoms with van der Waals surface area (Å²) < 4.78 is 25.4. The van der Waals surface area contributed by atoms with Crippen LogP contribution in [0.1, 0.15) is 16.7 Å². The van der Waals surface area contributed by atoms with Gasteiger partial charge in [0.05, 0.1) is 29.5 Å². The van der Waals surface area contributed by atoms with Crippen molar-refractivity contribution in [3.8, 4) is 11.8 Å². The number of halogens is 3. The van der Waals surface area contributed by atoms with Crippen LogP contribution in [0.25, 0.3) is 0 Å². The number of benzene rings is 2. The van der Waals surface area contributed by atoms with Crippen molar-refractivity contribution >= 4 is 34.8 Å². The average molecular weight is 474 g/mol. The number of pyridine rings is 1. The summed E-state index contributed by atoms with van der Waals surface area (Å²) in [4.78, 5) is 16.9. The number of nitriles is 1. The molecule has 0 radical (unpaired) electrons. The van der Waals surface area contributed by atoms with Gasteiger partial charge in [-0.2, -0.15) is 5.26 Å². The Labute approximate surface area is 194 Å². The van der Waals surface area contributed by atoms with Crippen LogP contribution in [0.3, 0.4) is 0 Å². The third-order valence-corrected chi connectivity index (χ3v) is 4.99. The first-order chi connectivity index (χ1) is 15.4. The molecule has 9 heteroatoms. The summed E-state index contributed by atoms with van der Waals surface area (Å²) in [5.41, 5.74) is 1.23. The Kier molecular flexibility index (Phi) is 8.01. The van der Waals surface area contributed by atoms with Gasteiger partial charge in [0, 0.05) is 11.8 Å². The van der Waals surface area contributed by atoms with Crippen LogP contribution in [0, 0.1) is 24.1 Å². The lowest BCUT2D eigenvalue weighted by Crippen LogP contribution is -2.37. The monoisotopic (exact) mass is 473 g/mol. The Morgan fingerprint density at radius 1 is 1.25 bits per heavy atom. The second kappa shape index (κ2) is 10.9. The molecule has 164 valence electrons. The number of amides is 1. The van der Waals surface area contributed by atoms with Gasteiger partial charge >= 0.3 is 0 Å². The molecule has 0 saturated carbocycles. The molecule has 0 saturated heterocycles. The van der Waals surface area contributed by atoms with Gasteiger partial charge in [-0.1, -0.05) is 53.5 Å². The van der Waals surface area contributed by atoms with Crippen LogP contribution in [0.2, 0.25) is 10.2 Å². The zero-order valence-electron chi connectivity index (χ0n) is 16.9. The van der Waals surface area contributed by atoms with E-state index in [1.807, 2.05) is 30.3 Å². The van der Waals surface area contributed by atoms with E-state index in [0.717, 1.165) is 11.6 Å². The van der Waals surface area contributed by atoms with E-state index in [1.165, 1.54) is 25.3 Å². The van der Waals surface area contributed by atoms with Gasteiger partial charge in [0.25, 0.3) is 5.91 Å². The van der Waals surface area contributed by atoms with E-state index in [9.17, 15) is 14.4 Å². The highest BCUT2D eigenvalue weighted by Crippen LogP contribution is 2.26. The molecular formula is C23H18Cl2FN3O3. The Morgan fingerprint density at radius 3 is 2.72 bits per heavy atom. The average Bonchev–Trinajstić information content (AvgIpc) is 2.78. The van der Waals surface area contributed by atoms with Crippen molar-refractivity contribution in [3.05, 3.63) is 87.4 Å². The van der Waals surface area contributed by atoms with Crippen molar-refractivity contribution in [2.75, 3.05) is 11.9 Å². The van der Waals surface area contributed by atoms with E-state index >= 15 is 0 Å². The second-order valence-corrected chi connectivity index (χ2v) is 7.54. The highest BCUT2D eigenvalue weighted by Gasteiger charge is 2.24. The quantitative estimate of drug-likeness (QED) is 0.448. The summed E-state index contributed by atoms with van der Waals surface area (Å²) in [5, 5.41) is 12.2. The highest BCUT2D eigenvalue weighted by atomic mass is 35.5. The van der Waals surface area contributed by atoms with E-state index in [2.05, 4.69) is 10.3 Å². The summed E-state index contributed by atoms with van der Waals surface area (Å²) in [6.45, 7) is 1.67.